The minimum Gasteiger partial charge on any atom is -0.419 e. The van der Waals surface area contributed by atoms with Crippen molar-refractivity contribution in [3.63, 3.8) is 0 Å². The first-order valence-corrected chi connectivity index (χ1v) is 9.37. The number of rotatable bonds is 2. The first-order valence-electron chi connectivity index (χ1n) is 8.57. The van der Waals surface area contributed by atoms with Gasteiger partial charge >= 0.3 is 0 Å². The molecule has 6 heteroatoms. The monoisotopic (exact) mass is 376 g/mol. The van der Waals surface area contributed by atoms with Gasteiger partial charge in [-0.1, -0.05) is 0 Å². The average molecular weight is 377 g/mol. The van der Waals surface area contributed by atoms with Gasteiger partial charge in [-0.05, 0) is 79.1 Å². The fourth-order valence-electron chi connectivity index (χ4n) is 5.62. The predicted octanol–water partition coefficient (Wildman–Crippen LogP) is 4.01. The maximum Gasteiger partial charge on any atom is 0.269 e. The Hall–Kier alpha value is -1.17. The van der Waals surface area contributed by atoms with Crippen LogP contribution in [0, 0.1) is 24.7 Å². The minimum atomic E-state index is 0.149. The van der Waals surface area contributed by atoms with E-state index in [2.05, 4.69) is 31.2 Å². The van der Waals surface area contributed by atoms with Gasteiger partial charge in [0.25, 0.3) is 5.89 Å². The van der Waals surface area contributed by atoms with E-state index in [9.17, 15) is 0 Å². The van der Waals surface area contributed by atoms with Gasteiger partial charge in [0.1, 0.15) is 0 Å². The van der Waals surface area contributed by atoms with E-state index in [-0.39, 0.29) is 5.41 Å². The summed E-state index contributed by atoms with van der Waals surface area (Å²) in [5.41, 5.74) is 1.97. The second kappa shape index (κ2) is 4.68. The van der Waals surface area contributed by atoms with Crippen molar-refractivity contribution in [2.24, 2.45) is 24.8 Å². The molecule has 0 radical (unpaired) electrons. The molecule has 4 fully saturated rings. The molecule has 0 N–H and O–H groups in total. The topological polar surface area (TPSA) is 56.7 Å². The Bertz CT molecular complexity index is 742. The van der Waals surface area contributed by atoms with Crippen molar-refractivity contribution in [1.82, 2.24) is 20.0 Å². The molecule has 0 unspecified atom stereocenters. The van der Waals surface area contributed by atoms with Crippen LogP contribution >= 0.6 is 15.9 Å². The van der Waals surface area contributed by atoms with Crippen molar-refractivity contribution in [2.75, 3.05) is 0 Å². The van der Waals surface area contributed by atoms with E-state index in [1.54, 1.807) is 0 Å². The molecule has 2 heterocycles. The Balaban J connectivity index is 1.53. The lowest BCUT2D eigenvalue weighted by atomic mass is 9.49. The van der Waals surface area contributed by atoms with Crippen LogP contribution in [0.2, 0.25) is 0 Å². The van der Waals surface area contributed by atoms with Crippen LogP contribution in [0.3, 0.4) is 0 Å². The molecule has 0 atom stereocenters. The Morgan fingerprint density at radius 2 is 1.70 bits per heavy atom. The molecule has 0 spiro atoms. The minimum absolute atomic E-state index is 0.149. The maximum absolute atomic E-state index is 6.18. The molecule has 2 aromatic rings. The van der Waals surface area contributed by atoms with Gasteiger partial charge in [-0.2, -0.15) is 5.10 Å². The van der Waals surface area contributed by atoms with Crippen molar-refractivity contribution >= 4 is 15.9 Å². The van der Waals surface area contributed by atoms with Crippen molar-refractivity contribution < 1.29 is 4.42 Å². The van der Waals surface area contributed by atoms with Gasteiger partial charge < -0.3 is 4.42 Å². The van der Waals surface area contributed by atoms with Crippen LogP contribution in [-0.2, 0) is 12.5 Å². The van der Waals surface area contributed by atoms with Gasteiger partial charge in [-0.15, -0.1) is 10.2 Å². The molecule has 6 rings (SSSR count). The molecule has 0 saturated heterocycles. The van der Waals surface area contributed by atoms with Gasteiger partial charge in [0, 0.05) is 12.5 Å². The van der Waals surface area contributed by atoms with Crippen LogP contribution in [0.25, 0.3) is 11.6 Å². The van der Waals surface area contributed by atoms with E-state index in [0.717, 1.165) is 39.5 Å². The molecule has 0 amide bonds. The lowest BCUT2D eigenvalue weighted by molar-refractivity contribution is -0.0176. The van der Waals surface area contributed by atoms with Crippen LogP contribution in [0.4, 0.5) is 0 Å². The van der Waals surface area contributed by atoms with Crippen molar-refractivity contribution in [3.05, 3.63) is 16.1 Å². The fraction of sp³-hybridized carbons (Fsp3) is 0.706. The number of hydrogen-bond acceptors (Lipinski definition) is 4. The Kier molecular flexibility index (Phi) is 2.89. The molecule has 4 aliphatic carbocycles. The number of hydrogen-bond donors (Lipinski definition) is 0. The summed E-state index contributed by atoms with van der Waals surface area (Å²) < 4.78 is 8.96. The highest BCUT2D eigenvalue weighted by Gasteiger charge is 2.54. The Morgan fingerprint density at radius 3 is 2.22 bits per heavy atom. The third kappa shape index (κ3) is 2.00. The van der Waals surface area contributed by atoms with E-state index in [1.807, 2.05) is 18.7 Å². The van der Waals surface area contributed by atoms with Gasteiger partial charge in [0.2, 0.25) is 5.89 Å². The molecule has 4 aliphatic rings. The molecular weight excluding hydrogens is 356 g/mol. The van der Waals surface area contributed by atoms with Crippen molar-refractivity contribution in [3.8, 4) is 11.6 Å². The predicted molar refractivity (Wildman–Crippen MR) is 88.8 cm³/mol. The van der Waals surface area contributed by atoms with Crippen LogP contribution in [0.15, 0.2) is 8.89 Å². The quantitative estimate of drug-likeness (QED) is 0.794. The summed E-state index contributed by atoms with van der Waals surface area (Å²) in [5.74, 6) is 4.04. The summed E-state index contributed by atoms with van der Waals surface area (Å²) >= 11 is 3.60. The standard InChI is InChI=1S/C17H21BrN4O/c1-9-13(18)14(21-22(9)2)15-19-20-16(23-15)17-6-10-3-11(7-17)5-12(4-10)8-17/h10-12H,3-8H2,1-2H3. The number of halogens is 1. The Morgan fingerprint density at radius 1 is 1.09 bits per heavy atom. The second-order valence-electron chi connectivity index (χ2n) is 7.98. The highest BCUT2D eigenvalue weighted by molar-refractivity contribution is 9.10. The van der Waals surface area contributed by atoms with Gasteiger partial charge in [-0.3, -0.25) is 4.68 Å². The van der Waals surface area contributed by atoms with Crippen molar-refractivity contribution in [1.29, 1.82) is 0 Å². The average Bonchev–Trinajstić information content (AvgIpc) is 3.08. The summed E-state index contributed by atoms with van der Waals surface area (Å²) in [5, 5.41) is 13.3. The molecule has 2 aromatic heterocycles. The van der Waals surface area contributed by atoms with Crippen LogP contribution in [-0.4, -0.2) is 20.0 Å². The first kappa shape index (κ1) is 14.2. The number of aryl methyl sites for hydroxylation is 1. The highest BCUT2D eigenvalue weighted by atomic mass is 79.9. The molecule has 0 aliphatic heterocycles. The third-order valence-corrected chi connectivity index (χ3v) is 7.33. The third-order valence-electron chi connectivity index (χ3n) is 6.38. The van der Waals surface area contributed by atoms with Crippen LogP contribution in [0.1, 0.15) is 50.1 Å². The number of nitrogens with zero attached hydrogens (tertiary/aromatic N) is 4. The largest absolute Gasteiger partial charge is 0.419 e. The van der Waals surface area contributed by atoms with E-state index in [4.69, 9.17) is 4.42 Å². The molecule has 122 valence electrons. The van der Waals surface area contributed by atoms with Crippen LogP contribution in [0.5, 0.6) is 0 Å². The summed E-state index contributed by atoms with van der Waals surface area (Å²) in [6.45, 7) is 2.02. The SMILES string of the molecule is Cc1c(Br)c(-c2nnc(C34CC5CC(CC(C5)C3)C4)o2)nn1C. The summed E-state index contributed by atoms with van der Waals surface area (Å²) in [7, 11) is 1.93. The Labute approximate surface area is 144 Å². The van der Waals surface area contributed by atoms with Crippen LogP contribution < -0.4 is 0 Å². The zero-order valence-corrected chi connectivity index (χ0v) is 15.1. The lowest BCUT2D eigenvalue weighted by Gasteiger charge is -2.55. The fourth-order valence-corrected chi connectivity index (χ4v) is 6.13. The first-order chi connectivity index (χ1) is 11.0. The summed E-state index contributed by atoms with van der Waals surface area (Å²) in [4.78, 5) is 0. The van der Waals surface area contributed by atoms with E-state index < -0.39 is 0 Å². The normalized spacial score (nSPS) is 35.2. The van der Waals surface area contributed by atoms with E-state index in [1.165, 1.54) is 38.5 Å². The molecule has 4 bridgehead atoms. The molecule has 0 aromatic carbocycles. The second-order valence-corrected chi connectivity index (χ2v) is 8.77. The zero-order valence-electron chi connectivity index (χ0n) is 13.5. The molecule has 23 heavy (non-hydrogen) atoms. The summed E-state index contributed by atoms with van der Waals surface area (Å²) in [6.07, 6.45) is 7.98. The van der Waals surface area contributed by atoms with Gasteiger partial charge in [0.15, 0.2) is 5.69 Å². The molecule has 4 saturated carbocycles. The molecular formula is C17H21BrN4O. The van der Waals surface area contributed by atoms with Crippen molar-refractivity contribution in [2.45, 2.75) is 50.9 Å². The zero-order chi connectivity index (χ0) is 15.8. The highest BCUT2D eigenvalue weighted by Crippen LogP contribution is 2.60. The lowest BCUT2D eigenvalue weighted by Crippen LogP contribution is -2.48. The van der Waals surface area contributed by atoms with Gasteiger partial charge in [0.05, 0.1) is 10.2 Å². The molecule has 5 nitrogen and oxygen atoms in total. The van der Waals surface area contributed by atoms with E-state index >= 15 is 0 Å². The maximum atomic E-state index is 6.18. The van der Waals surface area contributed by atoms with E-state index in [0.29, 0.717) is 5.89 Å². The summed E-state index contributed by atoms with van der Waals surface area (Å²) in [6, 6.07) is 0. The van der Waals surface area contributed by atoms with Gasteiger partial charge in [-0.25, -0.2) is 0 Å². The number of aromatic nitrogens is 4. The smallest absolute Gasteiger partial charge is 0.269 e.